The molecular weight excluding hydrogens is 360 g/mol. The van der Waals surface area contributed by atoms with Gasteiger partial charge in [-0.05, 0) is 12.1 Å². The number of aromatic carboxylic acids is 2. The summed E-state index contributed by atoms with van der Waals surface area (Å²) in [5, 5.41) is 17.1. The van der Waals surface area contributed by atoms with Crippen LogP contribution in [0.1, 0.15) is 20.7 Å². The van der Waals surface area contributed by atoms with Gasteiger partial charge in [0.25, 0.3) is 0 Å². The summed E-state index contributed by atoms with van der Waals surface area (Å²) in [5.41, 5.74) is -0.380. The van der Waals surface area contributed by atoms with Crippen LogP contribution in [0, 0.1) is 0 Å². The molecule has 0 fully saturated rings. The lowest BCUT2D eigenvalue weighted by Crippen LogP contribution is -2.12. The van der Waals surface area contributed by atoms with Gasteiger partial charge in [0.1, 0.15) is 13.2 Å². The second kappa shape index (κ2) is 13.8. The van der Waals surface area contributed by atoms with E-state index in [0.717, 1.165) is 12.2 Å². The van der Waals surface area contributed by atoms with E-state index >= 15 is 0 Å². The summed E-state index contributed by atoms with van der Waals surface area (Å²) in [6.07, 6.45) is 2.15. The van der Waals surface area contributed by atoms with Gasteiger partial charge in [-0.2, -0.15) is 0 Å². The first-order valence-electron chi connectivity index (χ1n) is 7.55. The number of carbonyl (C=O) groups is 4. The van der Waals surface area contributed by atoms with E-state index in [9.17, 15) is 19.2 Å². The second-order valence-electron chi connectivity index (χ2n) is 4.51. The SMILES string of the molecule is C=CC(=O)OCCOCCOC(=O)C=C.O=C(O)c1ccccc1C(=O)O. The molecule has 0 spiro atoms. The van der Waals surface area contributed by atoms with Crippen LogP contribution in [0.25, 0.3) is 0 Å². The fourth-order valence-corrected chi connectivity index (χ4v) is 1.48. The zero-order chi connectivity index (χ0) is 20.7. The van der Waals surface area contributed by atoms with Crippen molar-refractivity contribution in [1.29, 1.82) is 0 Å². The van der Waals surface area contributed by atoms with Crippen LogP contribution < -0.4 is 0 Å². The highest BCUT2D eigenvalue weighted by molar-refractivity contribution is 6.01. The van der Waals surface area contributed by atoms with Crippen molar-refractivity contribution in [3.63, 3.8) is 0 Å². The number of esters is 2. The normalized spacial score (nSPS) is 9.19. The molecule has 9 heteroatoms. The Kier molecular flexibility index (Phi) is 12.0. The van der Waals surface area contributed by atoms with E-state index in [-0.39, 0.29) is 37.6 Å². The van der Waals surface area contributed by atoms with E-state index in [1.165, 1.54) is 24.3 Å². The Morgan fingerprint density at radius 1 is 0.778 bits per heavy atom. The minimum absolute atomic E-state index is 0.153. The number of rotatable bonds is 10. The molecule has 1 aromatic rings. The monoisotopic (exact) mass is 380 g/mol. The van der Waals surface area contributed by atoms with E-state index in [1.807, 2.05) is 0 Å². The Hall–Kier alpha value is -3.46. The maximum atomic E-state index is 10.6. The Morgan fingerprint density at radius 3 is 1.44 bits per heavy atom. The van der Waals surface area contributed by atoms with Crippen molar-refractivity contribution >= 4 is 23.9 Å². The molecule has 0 aromatic heterocycles. The Balaban J connectivity index is 0.000000511. The summed E-state index contributed by atoms with van der Waals surface area (Å²) >= 11 is 0. The van der Waals surface area contributed by atoms with Gasteiger partial charge in [0.15, 0.2) is 0 Å². The Labute approximate surface area is 155 Å². The van der Waals surface area contributed by atoms with Crippen LogP contribution >= 0.6 is 0 Å². The molecule has 1 aromatic carbocycles. The van der Waals surface area contributed by atoms with E-state index < -0.39 is 23.9 Å². The van der Waals surface area contributed by atoms with Crippen molar-refractivity contribution in [2.24, 2.45) is 0 Å². The zero-order valence-corrected chi connectivity index (χ0v) is 14.5. The van der Waals surface area contributed by atoms with Gasteiger partial charge in [-0.1, -0.05) is 25.3 Å². The first kappa shape index (κ1) is 23.5. The van der Waals surface area contributed by atoms with Gasteiger partial charge in [-0.25, -0.2) is 19.2 Å². The number of benzene rings is 1. The molecule has 0 saturated carbocycles. The summed E-state index contributed by atoms with van der Waals surface area (Å²) in [6, 6.07) is 5.48. The van der Waals surface area contributed by atoms with Crippen molar-refractivity contribution < 1.29 is 43.6 Å². The molecule has 0 atom stereocenters. The molecule has 146 valence electrons. The lowest BCUT2D eigenvalue weighted by molar-refractivity contribution is -0.140. The van der Waals surface area contributed by atoms with Crippen LogP contribution in [-0.2, 0) is 23.8 Å². The van der Waals surface area contributed by atoms with Gasteiger partial charge in [-0.3, -0.25) is 0 Å². The van der Waals surface area contributed by atoms with Crippen LogP contribution in [0.5, 0.6) is 0 Å². The predicted octanol–water partition coefficient (Wildman–Crippen LogP) is 1.54. The number of carbonyl (C=O) groups excluding carboxylic acids is 2. The molecule has 0 aliphatic heterocycles. The average molecular weight is 380 g/mol. The van der Waals surface area contributed by atoms with Gasteiger partial charge >= 0.3 is 23.9 Å². The van der Waals surface area contributed by atoms with Crippen molar-refractivity contribution in [2.75, 3.05) is 26.4 Å². The highest BCUT2D eigenvalue weighted by Gasteiger charge is 2.13. The van der Waals surface area contributed by atoms with Crippen LogP contribution in [0.3, 0.4) is 0 Å². The predicted molar refractivity (Wildman–Crippen MR) is 93.5 cm³/mol. The molecule has 1 rings (SSSR count). The van der Waals surface area contributed by atoms with Crippen LogP contribution in [0.2, 0.25) is 0 Å². The number of hydrogen-bond donors (Lipinski definition) is 2. The summed E-state index contributed by atoms with van der Waals surface area (Å²) in [7, 11) is 0. The largest absolute Gasteiger partial charge is 0.478 e. The van der Waals surface area contributed by atoms with Gasteiger partial charge < -0.3 is 24.4 Å². The molecular formula is C18H20O9. The number of carboxylic acid groups (broad SMARTS) is 2. The van der Waals surface area contributed by atoms with Crippen molar-refractivity contribution in [2.45, 2.75) is 0 Å². The number of carboxylic acids is 2. The Bertz CT molecular complexity index is 622. The summed E-state index contributed by atoms with van der Waals surface area (Å²) < 4.78 is 14.3. The lowest BCUT2D eigenvalue weighted by atomic mass is 10.1. The van der Waals surface area contributed by atoms with E-state index in [0.29, 0.717) is 0 Å². The molecule has 0 heterocycles. The van der Waals surface area contributed by atoms with Crippen molar-refractivity contribution in [3.05, 3.63) is 60.7 Å². The molecule has 0 radical (unpaired) electrons. The van der Waals surface area contributed by atoms with E-state index in [2.05, 4.69) is 22.6 Å². The first-order valence-corrected chi connectivity index (χ1v) is 7.55. The third-order valence-corrected chi connectivity index (χ3v) is 2.67. The fraction of sp³-hybridized carbons (Fsp3) is 0.222. The lowest BCUT2D eigenvalue weighted by Gasteiger charge is -2.04. The smallest absolute Gasteiger partial charge is 0.336 e. The molecule has 9 nitrogen and oxygen atoms in total. The minimum Gasteiger partial charge on any atom is -0.478 e. The van der Waals surface area contributed by atoms with Gasteiger partial charge in [0, 0.05) is 12.2 Å². The van der Waals surface area contributed by atoms with Gasteiger partial charge in [-0.15, -0.1) is 0 Å². The fourth-order valence-electron chi connectivity index (χ4n) is 1.48. The number of hydrogen-bond acceptors (Lipinski definition) is 7. The summed E-state index contributed by atoms with van der Waals surface area (Å²) in [4.78, 5) is 42.0. The van der Waals surface area contributed by atoms with Gasteiger partial charge in [0.2, 0.25) is 0 Å². The third kappa shape index (κ3) is 10.9. The molecule has 27 heavy (non-hydrogen) atoms. The first-order chi connectivity index (χ1) is 12.8. The van der Waals surface area contributed by atoms with Gasteiger partial charge in [0.05, 0.1) is 24.3 Å². The Morgan fingerprint density at radius 2 is 1.15 bits per heavy atom. The average Bonchev–Trinajstić information content (AvgIpc) is 2.67. The maximum absolute atomic E-state index is 10.6. The topological polar surface area (TPSA) is 136 Å². The third-order valence-electron chi connectivity index (χ3n) is 2.67. The van der Waals surface area contributed by atoms with E-state index in [1.54, 1.807) is 0 Å². The van der Waals surface area contributed by atoms with E-state index in [4.69, 9.17) is 14.9 Å². The van der Waals surface area contributed by atoms with Crippen LogP contribution in [0.15, 0.2) is 49.6 Å². The molecule has 0 bridgehead atoms. The second-order valence-corrected chi connectivity index (χ2v) is 4.51. The van der Waals surface area contributed by atoms with Crippen LogP contribution in [0.4, 0.5) is 0 Å². The highest BCUT2D eigenvalue weighted by Crippen LogP contribution is 2.07. The molecule has 0 aliphatic carbocycles. The summed E-state index contributed by atoms with van der Waals surface area (Å²) in [5.74, 6) is -3.44. The van der Waals surface area contributed by atoms with Crippen molar-refractivity contribution in [3.8, 4) is 0 Å². The molecule has 2 N–H and O–H groups in total. The quantitative estimate of drug-likeness (QED) is 0.352. The highest BCUT2D eigenvalue weighted by atomic mass is 16.6. The van der Waals surface area contributed by atoms with Crippen LogP contribution in [-0.4, -0.2) is 60.5 Å². The standard InChI is InChI=1S/C10H14O5.C8H6O4/c1-3-9(11)14-7-5-13-6-8-15-10(12)4-2;9-7(10)5-3-1-2-4-6(5)8(11)12/h3-4H,1-2,5-8H2;1-4H,(H,9,10)(H,11,12). The molecule has 0 unspecified atom stereocenters. The maximum Gasteiger partial charge on any atom is 0.336 e. The van der Waals surface area contributed by atoms with Crippen molar-refractivity contribution in [1.82, 2.24) is 0 Å². The minimum atomic E-state index is -1.23. The summed E-state index contributed by atoms with van der Waals surface area (Å²) in [6.45, 7) is 7.29. The zero-order valence-electron chi connectivity index (χ0n) is 14.5. The number of ether oxygens (including phenoxy) is 3. The molecule has 0 amide bonds. The molecule has 0 aliphatic rings. The molecule has 0 saturated heterocycles.